The maximum absolute atomic E-state index is 14.4. The van der Waals surface area contributed by atoms with Crippen LogP contribution >= 0.6 is 0 Å². The van der Waals surface area contributed by atoms with E-state index in [-0.39, 0.29) is 28.4 Å². The molecule has 1 saturated carbocycles. The highest BCUT2D eigenvalue weighted by atomic mass is 19.4. The van der Waals surface area contributed by atoms with Crippen molar-refractivity contribution < 1.29 is 31.9 Å². The van der Waals surface area contributed by atoms with Crippen molar-refractivity contribution >= 4 is 17.1 Å². The molecule has 0 radical (unpaired) electrons. The molecule has 2 aromatic carbocycles. The first kappa shape index (κ1) is 26.7. The number of rotatable bonds is 9. The lowest BCUT2D eigenvalue weighted by Crippen LogP contribution is -2.16. The Labute approximate surface area is 220 Å². The molecule has 6 nitrogen and oxygen atoms in total. The first-order valence-electron chi connectivity index (χ1n) is 12.5. The van der Waals surface area contributed by atoms with E-state index in [9.17, 15) is 31.9 Å². The first-order valence-corrected chi connectivity index (χ1v) is 12.5. The normalized spacial score (nSPS) is 14.5. The number of fused-ring (bicyclic) bond motifs is 1. The van der Waals surface area contributed by atoms with E-state index in [0.29, 0.717) is 29.2 Å². The number of nitrogens with one attached hydrogen (secondary N) is 1. The van der Waals surface area contributed by atoms with E-state index in [4.69, 9.17) is 0 Å². The van der Waals surface area contributed by atoms with Crippen molar-refractivity contribution in [2.45, 2.75) is 44.9 Å². The van der Waals surface area contributed by atoms with Crippen LogP contribution < -0.4 is 5.32 Å². The molecular weight excluding hydrogens is 519 g/mol. The van der Waals surface area contributed by atoms with E-state index in [2.05, 4.69) is 15.4 Å². The van der Waals surface area contributed by atoms with E-state index >= 15 is 0 Å². The molecule has 1 atom stereocenters. The lowest BCUT2D eigenvalue weighted by molar-refractivity contribution is -0.131. The second-order valence-corrected chi connectivity index (χ2v) is 9.82. The molecule has 1 unspecified atom stereocenters. The first-order chi connectivity index (χ1) is 18.5. The number of halogens is 5. The summed E-state index contributed by atoms with van der Waals surface area (Å²) >= 11 is 0. The minimum Gasteiger partial charge on any atom is -0.382 e. The Balaban J connectivity index is 1.56. The largest absolute Gasteiger partial charge is 0.390 e. The van der Waals surface area contributed by atoms with Gasteiger partial charge in [0.05, 0.1) is 29.7 Å². The number of hydrogen-bond acceptors (Lipinski definition) is 5. The number of aromatic nitrogens is 3. The molecule has 1 aliphatic rings. The van der Waals surface area contributed by atoms with Gasteiger partial charge in [0.1, 0.15) is 17.7 Å². The molecule has 5 rings (SSSR count). The van der Waals surface area contributed by atoms with E-state index in [1.54, 1.807) is 18.2 Å². The van der Waals surface area contributed by atoms with Crippen molar-refractivity contribution in [2.24, 2.45) is 5.92 Å². The summed E-state index contributed by atoms with van der Waals surface area (Å²) in [5.74, 6) is -1.14. The lowest BCUT2D eigenvalue weighted by atomic mass is 9.98. The third-order valence-corrected chi connectivity index (χ3v) is 6.74. The van der Waals surface area contributed by atoms with Gasteiger partial charge in [-0.05, 0) is 61.6 Å². The highest BCUT2D eigenvalue weighted by Crippen LogP contribution is 2.35. The summed E-state index contributed by atoms with van der Waals surface area (Å²) in [7, 11) is 0. The number of benzene rings is 2. The molecule has 0 amide bonds. The number of aliphatic hydroxyl groups is 1. The number of aliphatic hydroxyl groups excluding tert-OH is 1. The van der Waals surface area contributed by atoms with E-state index in [0.717, 1.165) is 36.6 Å². The summed E-state index contributed by atoms with van der Waals surface area (Å²) in [5, 5.41) is 18.0. The number of hydrogen-bond donors (Lipinski definition) is 2. The van der Waals surface area contributed by atoms with Crippen molar-refractivity contribution in [1.29, 1.82) is 0 Å². The Morgan fingerprint density at radius 1 is 1.15 bits per heavy atom. The molecule has 0 spiro atoms. The predicted octanol–water partition coefficient (Wildman–Crippen LogP) is 6.41. The minimum atomic E-state index is -4.40. The minimum absolute atomic E-state index is 0.0662. The fourth-order valence-corrected chi connectivity index (χ4v) is 4.50. The van der Waals surface area contributed by atoms with Crippen molar-refractivity contribution in [2.75, 3.05) is 11.9 Å². The number of carbonyl (C=O) groups is 1. The number of Topliss-reactive ketones (excluding diaryl/α,β-unsaturated/α-hetero) is 1. The molecule has 4 aromatic rings. The molecule has 2 N–H and O–H groups in total. The Morgan fingerprint density at radius 3 is 2.62 bits per heavy atom. The molecular formula is C28H25F5N4O2. The van der Waals surface area contributed by atoms with Crippen LogP contribution in [0.5, 0.6) is 0 Å². The van der Waals surface area contributed by atoms with Crippen molar-refractivity contribution in [3.63, 3.8) is 0 Å². The molecule has 204 valence electrons. The average molecular weight is 545 g/mol. The molecule has 0 bridgehead atoms. The highest BCUT2D eigenvalue weighted by Gasteiger charge is 2.28. The molecule has 11 heteroatoms. The van der Waals surface area contributed by atoms with Crippen LogP contribution in [0, 0.1) is 24.5 Å². The van der Waals surface area contributed by atoms with E-state index < -0.39 is 36.9 Å². The third kappa shape index (κ3) is 5.93. The van der Waals surface area contributed by atoms with Crippen molar-refractivity contribution in [3.8, 4) is 11.3 Å². The smallest absolute Gasteiger partial charge is 0.382 e. The van der Waals surface area contributed by atoms with Gasteiger partial charge in [-0.15, -0.1) is 0 Å². The Hall–Kier alpha value is -3.86. The molecule has 0 aliphatic heterocycles. The maximum Gasteiger partial charge on any atom is 0.390 e. The topological polar surface area (TPSA) is 79.5 Å². The monoisotopic (exact) mass is 544 g/mol. The van der Waals surface area contributed by atoms with Gasteiger partial charge in [0.2, 0.25) is 0 Å². The third-order valence-electron chi connectivity index (χ3n) is 6.74. The van der Waals surface area contributed by atoms with Gasteiger partial charge in [0, 0.05) is 29.7 Å². The second kappa shape index (κ2) is 10.4. The summed E-state index contributed by atoms with van der Waals surface area (Å²) in [6.07, 6.45) is -3.15. The Bertz CT molecular complexity index is 1550. The summed E-state index contributed by atoms with van der Waals surface area (Å²) in [4.78, 5) is 17.0. The SMILES string of the molecule is Cc1cc(-c2cnc3c(NCCC(F)(F)F)cc(C(O)c4cc(F)ccc4F)nn23)ccc1C(=O)CC1CC1. The van der Waals surface area contributed by atoms with Crippen LogP contribution in [0.3, 0.4) is 0 Å². The lowest BCUT2D eigenvalue weighted by Gasteiger charge is -2.16. The summed E-state index contributed by atoms with van der Waals surface area (Å²) in [6.45, 7) is 1.33. The van der Waals surface area contributed by atoms with Gasteiger partial charge in [-0.25, -0.2) is 18.3 Å². The van der Waals surface area contributed by atoms with E-state index in [1.165, 1.54) is 16.8 Å². The van der Waals surface area contributed by atoms with Gasteiger partial charge >= 0.3 is 6.18 Å². The molecule has 2 heterocycles. The van der Waals surface area contributed by atoms with Gasteiger partial charge in [-0.2, -0.15) is 18.3 Å². The van der Waals surface area contributed by atoms with Gasteiger partial charge in [0.15, 0.2) is 11.4 Å². The van der Waals surface area contributed by atoms with Crippen LogP contribution in [0.2, 0.25) is 0 Å². The predicted molar refractivity (Wildman–Crippen MR) is 134 cm³/mol. The summed E-state index contributed by atoms with van der Waals surface area (Å²) < 4.78 is 68.0. The molecule has 2 aromatic heterocycles. The second-order valence-electron chi connectivity index (χ2n) is 9.82. The zero-order valence-electron chi connectivity index (χ0n) is 20.9. The standard InChI is InChI=1S/C28H25F5N4O2/c1-15-10-17(4-6-19(15)25(38)11-16-2-3-16)24-14-35-27-23(34-9-8-28(31,32)33)13-22(36-37(24)27)26(39)20-12-18(29)5-7-21(20)30/h4-7,10,12-14,16,26,34,39H,2-3,8-9,11H2,1H3. The molecule has 0 saturated heterocycles. The van der Waals surface area contributed by atoms with Crippen LogP contribution in [0.4, 0.5) is 27.6 Å². The van der Waals surface area contributed by atoms with Gasteiger partial charge < -0.3 is 10.4 Å². The number of ketones is 1. The summed E-state index contributed by atoms with van der Waals surface area (Å²) in [6, 6.07) is 9.11. The van der Waals surface area contributed by atoms with Crippen LogP contribution in [0.25, 0.3) is 16.9 Å². The number of imidazole rings is 1. The molecule has 39 heavy (non-hydrogen) atoms. The van der Waals surface area contributed by atoms with Crippen molar-refractivity contribution in [3.05, 3.63) is 82.7 Å². The van der Waals surface area contributed by atoms with Crippen molar-refractivity contribution in [1.82, 2.24) is 14.6 Å². The Morgan fingerprint density at radius 2 is 1.92 bits per heavy atom. The fourth-order valence-electron chi connectivity index (χ4n) is 4.50. The summed E-state index contributed by atoms with van der Waals surface area (Å²) in [5.41, 5.74) is 2.21. The number of alkyl halides is 3. The van der Waals surface area contributed by atoms with Crippen LogP contribution in [0.1, 0.15) is 59.0 Å². The Kier molecular flexibility index (Phi) is 7.11. The van der Waals surface area contributed by atoms with Crippen LogP contribution in [0.15, 0.2) is 48.7 Å². The number of anilines is 1. The number of aryl methyl sites for hydroxylation is 1. The average Bonchev–Trinajstić information content (AvgIpc) is 3.58. The quantitative estimate of drug-likeness (QED) is 0.188. The van der Waals surface area contributed by atoms with E-state index in [1.807, 2.05) is 6.92 Å². The van der Waals surface area contributed by atoms with Gasteiger partial charge in [-0.1, -0.05) is 12.1 Å². The zero-order chi connectivity index (χ0) is 27.9. The zero-order valence-corrected chi connectivity index (χ0v) is 20.9. The van der Waals surface area contributed by atoms with Gasteiger partial charge in [0.25, 0.3) is 0 Å². The maximum atomic E-state index is 14.4. The number of nitrogens with zero attached hydrogens (tertiary/aromatic N) is 3. The highest BCUT2D eigenvalue weighted by molar-refractivity contribution is 5.98. The van der Waals surface area contributed by atoms with Crippen LogP contribution in [-0.2, 0) is 0 Å². The number of carbonyl (C=O) groups excluding carboxylic acids is 1. The molecule has 1 fully saturated rings. The fraction of sp³-hybridized carbons (Fsp3) is 0.321. The van der Waals surface area contributed by atoms with Crippen LogP contribution in [-0.4, -0.2) is 38.2 Å². The van der Waals surface area contributed by atoms with Gasteiger partial charge in [-0.3, -0.25) is 4.79 Å². The molecule has 1 aliphatic carbocycles.